The van der Waals surface area contributed by atoms with Gasteiger partial charge >= 0.3 is 0 Å². The zero-order chi connectivity index (χ0) is 19.7. The van der Waals surface area contributed by atoms with Crippen molar-refractivity contribution in [1.82, 2.24) is 15.5 Å². The number of nitrogens with one attached hydrogen (secondary N) is 2. The van der Waals surface area contributed by atoms with E-state index in [0.717, 1.165) is 36.5 Å². The Morgan fingerprint density at radius 2 is 1.96 bits per heavy atom. The van der Waals surface area contributed by atoms with Crippen molar-refractivity contribution in [2.75, 3.05) is 27.7 Å². The molecule has 0 saturated carbocycles. The maximum absolute atomic E-state index is 12.1. The number of guanidine groups is 1. The number of amides is 1. The second-order valence-electron chi connectivity index (χ2n) is 8.29. The predicted octanol–water partition coefficient (Wildman–Crippen LogP) is 3.31. The van der Waals surface area contributed by atoms with Crippen LogP contribution in [0, 0.1) is 5.41 Å². The van der Waals surface area contributed by atoms with Crippen LogP contribution in [0.4, 0.5) is 0 Å². The number of aliphatic imine (C=N–C) groups is 1. The third-order valence-electron chi connectivity index (χ3n) is 4.22. The molecule has 1 aromatic rings. The van der Waals surface area contributed by atoms with Crippen molar-refractivity contribution in [2.45, 2.75) is 53.0 Å². The van der Waals surface area contributed by atoms with E-state index in [2.05, 4.69) is 49.4 Å². The lowest BCUT2D eigenvalue weighted by Crippen LogP contribution is -2.43. The Labute approximate surface area is 159 Å². The van der Waals surface area contributed by atoms with E-state index in [9.17, 15) is 4.79 Å². The molecular weight excluding hydrogens is 324 g/mol. The zero-order valence-corrected chi connectivity index (χ0v) is 17.5. The summed E-state index contributed by atoms with van der Waals surface area (Å²) in [6, 6.07) is 8.19. The van der Waals surface area contributed by atoms with E-state index in [-0.39, 0.29) is 5.91 Å². The van der Waals surface area contributed by atoms with Gasteiger partial charge in [-0.2, -0.15) is 0 Å². The molecule has 0 aliphatic heterocycles. The molecule has 1 rings (SSSR count). The molecular formula is C21H36N4O. The second-order valence-corrected chi connectivity index (χ2v) is 8.29. The normalized spacial score (nSPS) is 13.3. The molecule has 0 aliphatic rings. The maximum atomic E-state index is 12.1. The molecule has 0 aliphatic carbocycles. The van der Waals surface area contributed by atoms with E-state index >= 15 is 0 Å². The Morgan fingerprint density at radius 3 is 2.54 bits per heavy atom. The first-order chi connectivity index (χ1) is 12.1. The van der Waals surface area contributed by atoms with E-state index in [1.54, 1.807) is 26.0 Å². The Morgan fingerprint density at radius 1 is 1.27 bits per heavy atom. The number of nitrogens with zero attached hydrogens (tertiary/aromatic N) is 2. The summed E-state index contributed by atoms with van der Waals surface area (Å²) in [5.41, 5.74) is 2.22. The third kappa shape index (κ3) is 8.37. The Bertz CT molecular complexity index is 602. The van der Waals surface area contributed by atoms with Crippen molar-refractivity contribution in [1.29, 1.82) is 0 Å². The third-order valence-corrected chi connectivity index (χ3v) is 4.22. The van der Waals surface area contributed by atoms with Gasteiger partial charge in [0.05, 0.1) is 0 Å². The largest absolute Gasteiger partial charge is 0.356 e. The highest BCUT2D eigenvalue weighted by Gasteiger charge is 2.13. The number of rotatable bonds is 7. The number of hydrogen-bond donors (Lipinski definition) is 2. The summed E-state index contributed by atoms with van der Waals surface area (Å²) in [4.78, 5) is 18.0. The van der Waals surface area contributed by atoms with Gasteiger partial charge in [-0.05, 0) is 49.3 Å². The molecule has 0 fully saturated rings. The fourth-order valence-electron chi connectivity index (χ4n) is 2.59. The maximum Gasteiger partial charge on any atom is 0.253 e. The molecule has 5 nitrogen and oxygen atoms in total. The van der Waals surface area contributed by atoms with Crippen LogP contribution in [0.3, 0.4) is 0 Å². The first-order valence-electron chi connectivity index (χ1n) is 9.40. The lowest BCUT2D eigenvalue weighted by Gasteiger charge is -2.23. The lowest BCUT2D eigenvalue weighted by molar-refractivity contribution is 0.0827. The van der Waals surface area contributed by atoms with Crippen LogP contribution in [0.15, 0.2) is 29.3 Å². The SMILES string of the molecule is CN=C(NCCc1cccc(C(=O)N(C)C)c1)NC(C)CCC(C)(C)C. The standard InChI is InChI=1S/C21H36N4O/c1-16(11-13-21(2,3)4)24-20(22-5)23-14-12-17-9-8-10-18(15-17)19(26)25(6)7/h8-10,15-16H,11-14H2,1-7H3,(H2,22,23,24). The van der Waals surface area contributed by atoms with Gasteiger partial charge in [0.15, 0.2) is 5.96 Å². The van der Waals surface area contributed by atoms with Gasteiger partial charge in [-0.1, -0.05) is 32.9 Å². The summed E-state index contributed by atoms with van der Waals surface area (Å²) in [5.74, 6) is 0.858. The number of carbonyl (C=O) groups is 1. The monoisotopic (exact) mass is 360 g/mol. The number of hydrogen-bond acceptors (Lipinski definition) is 2. The smallest absolute Gasteiger partial charge is 0.253 e. The van der Waals surface area contributed by atoms with Crippen molar-refractivity contribution < 1.29 is 4.79 Å². The van der Waals surface area contributed by atoms with Gasteiger partial charge in [-0.3, -0.25) is 9.79 Å². The van der Waals surface area contributed by atoms with Crippen LogP contribution >= 0.6 is 0 Å². The van der Waals surface area contributed by atoms with Gasteiger partial charge in [-0.15, -0.1) is 0 Å². The molecule has 26 heavy (non-hydrogen) atoms. The number of carbonyl (C=O) groups excluding carboxylic acids is 1. The van der Waals surface area contributed by atoms with Crippen LogP contribution in [0.2, 0.25) is 0 Å². The van der Waals surface area contributed by atoms with Crippen molar-refractivity contribution in [2.24, 2.45) is 10.4 Å². The van der Waals surface area contributed by atoms with Crippen LogP contribution in [-0.4, -0.2) is 50.5 Å². The minimum absolute atomic E-state index is 0.0324. The molecule has 1 unspecified atom stereocenters. The first-order valence-corrected chi connectivity index (χ1v) is 9.40. The van der Waals surface area contributed by atoms with Crippen LogP contribution in [0.5, 0.6) is 0 Å². The topological polar surface area (TPSA) is 56.7 Å². The summed E-state index contributed by atoms with van der Waals surface area (Å²) in [6.45, 7) is 9.76. The molecule has 1 atom stereocenters. The highest BCUT2D eigenvalue weighted by atomic mass is 16.2. The zero-order valence-electron chi connectivity index (χ0n) is 17.5. The van der Waals surface area contributed by atoms with E-state index in [0.29, 0.717) is 11.5 Å². The van der Waals surface area contributed by atoms with Crippen molar-refractivity contribution in [3.8, 4) is 0 Å². The highest BCUT2D eigenvalue weighted by molar-refractivity contribution is 5.94. The van der Waals surface area contributed by atoms with Crippen molar-refractivity contribution in [3.05, 3.63) is 35.4 Å². The van der Waals surface area contributed by atoms with Gasteiger partial charge in [-0.25, -0.2) is 0 Å². The predicted molar refractivity (Wildman–Crippen MR) is 111 cm³/mol. The molecule has 0 saturated heterocycles. The summed E-state index contributed by atoms with van der Waals surface area (Å²) in [5, 5.41) is 6.81. The molecule has 146 valence electrons. The molecule has 0 aromatic heterocycles. The summed E-state index contributed by atoms with van der Waals surface area (Å²) >= 11 is 0. The van der Waals surface area contributed by atoms with Gasteiger partial charge < -0.3 is 15.5 Å². The van der Waals surface area contributed by atoms with E-state index in [4.69, 9.17) is 0 Å². The average molecular weight is 361 g/mol. The molecule has 5 heteroatoms. The Balaban J connectivity index is 2.48. The van der Waals surface area contributed by atoms with Crippen LogP contribution in [0.1, 0.15) is 56.5 Å². The van der Waals surface area contributed by atoms with Gasteiger partial charge in [0.25, 0.3) is 5.91 Å². The molecule has 2 N–H and O–H groups in total. The first kappa shape index (κ1) is 22.0. The van der Waals surface area contributed by atoms with E-state index < -0.39 is 0 Å². The Hall–Kier alpha value is -2.04. The van der Waals surface area contributed by atoms with Crippen LogP contribution < -0.4 is 10.6 Å². The Kier molecular flexibility index (Phi) is 8.62. The molecule has 0 bridgehead atoms. The van der Waals surface area contributed by atoms with Gasteiger partial charge in [0, 0.05) is 39.3 Å². The minimum atomic E-state index is 0.0324. The average Bonchev–Trinajstić information content (AvgIpc) is 2.58. The summed E-state index contributed by atoms with van der Waals surface area (Å²) in [6.07, 6.45) is 3.12. The molecule has 1 aromatic carbocycles. The van der Waals surface area contributed by atoms with E-state index in [1.165, 1.54) is 6.42 Å². The minimum Gasteiger partial charge on any atom is -0.356 e. The summed E-state index contributed by atoms with van der Waals surface area (Å²) < 4.78 is 0. The van der Waals surface area contributed by atoms with Crippen LogP contribution in [-0.2, 0) is 6.42 Å². The number of benzene rings is 1. The fourth-order valence-corrected chi connectivity index (χ4v) is 2.59. The molecule has 0 radical (unpaired) electrons. The van der Waals surface area contributed by atoms with Gasteiger partial charge in [0.1, 0.15) is 0 Å². The van der Waals surface area contributed by atoms with Crippen molar-refractivity contribution >= 4 is 11.9 Å². The molecule has 0 heterocycles. The van der Waals surface area contributed by atoms with Crippen LogP contribution in [0.25, 0.3) is 0 Å². The quantitative estimate of drug-likeness (QED) is 0.579. The van der Waals surface area contributed by atoms with Crippen molar-refractivity contribution in [3.63, 3.8) is 0 Å². The summed E-state index contributed by atoms with van der Waals surface area (Å²) in [7, 11) is 5.34. The highest BCUT2D eigenvalue weighted by Crippen LogP contribution is 2.21. The van der Waals surface area contributed by atoms with E-state index in [1.807, 2.05) is 18.2 Å². The second kappa shape index (κ2) is 10.2. The lowest BCUT2D eigenvalue weighted by atomic mass is 9.89. The fraction of sp³-hybridized carbons (Fsp3) is 0.619. The molecule has 0 spiro atoms. The molecule has 1 amide bonds. The van der Waals surface area contributed by atoms with Gasteiger partial charge in [0.2, 0.25) is 0 Å².